The highest BCUT2D eigenvalue weighted by molar-refractivity contribution is 6.54. The summed E-state index contributed by atoms with van der Waals surface area (Å²) in [5.74, 6) is 5.71. The van der Waals surface area contributed by atoms with E-state index in [2.05, 4.69) is 24.3 Å². The highest BCUT2D eigenvalue weighted by atomic mass is 35.5. The molecule has 0 radical (unpaired) electrons. The number of Topliss-reactive ketones (excluding diaryl/α,β-unsaturated/α-hetero) is 2. The fourth-order valence-corrected chi connectivity index (χ4v) is 4.76. The lowest BCUT2D eigenvalue weighted by Gasteiger charge is -2.32. The Bertz CT molecular complexity index is 1280. The Balaban J connectivity index is 0. The van der Waals surface area contributed by atoms with Crippen LogP contribution in [0.25, 0.3) is 5.57 Å². The van der Waals surface area contributed by atoms with E-state index in [-0.39, 0.29) is 18.1 Å². The molecule has 1 fully saturated rings. The summed E-state index contributed by atoms with van der Waals surface area (Å²) in [6.07, 6.45) is 12.3. The maximum absolute atomic E-state index is 13.4. The third-order valence-corrected chi connectivity index (χ3v) is 7.12. The first-order valence-corrected chi connectivity index (χ1v) is 17.1. The monoisotopic (exact) mass is 668 g/mol. The highest BCUT2D eigenvalue weighted by Gasteiger charge is 2.28. The van der Waals surface area contributed by atoms with Crippen molar-refractivity contribution in [1.29, 1.82) is 0 Å². The molecule has 0 spiro atoms. The van der Waals surface area contributed by atoms with Crippen molar-refractivity contribution in [3.8, 4) is 5.75 Å². The van der Waals surface area contributed by atoms with Crippen molar-refractivity contribution in [2.45, 2.75) is 88.0 Å². The van der Waals surface area contributed by atoms with Crippen molar-refractivity contribution >= 4 is 40.9 Å². The summed E-state index contributed by atoms with van der Waals surface area (Å²) < 4.78 is 0. The number of halogens is 1. The van der Waals surface area contributed by atoms with Gasteiger partial charge in [-0.3, -0.25) is 19.2 Å². The molecule has 1 heterocycles. The van der Waals surface area contributed by atoms with Crippen LogP contribution >= 0.6 is 11.6 Å². The molecule has 1 amide bonds. The van der Waals surface area contributed by atoms with Crippen LogP contribution < -0.4 is 10.7 Å². The quantitative estimate of drug-likeness (QED) is 0.0677. The van der Waals surface area contributed by atoms with Crippen molar-refractivity contribution < 1.29 is 24.0 Å². The molecule has 1 aliphatic heterocycles. The molecule has 7 nitrogen and oxygen atoms in total. The molecule has 0 bridgehead atoms. The zero-order valence-corrected chi connectivity index (χ0v) is 30.7. The molecule has 47 heavy (non-hydrogen) atoms. The van der Waals surface area contributed by atoms with Crippen LogP contribution in [0.3, 0.4) is 0 Å². The number of nitrogens with zero attached hydrogens (tertiary/aromatic N) is 1. The van der Waals surface area contributed by atoms with E-state index in [9.17, 15) is 19.2 Å². The van der Waals surface area contributed by atoms with Gasteiger partial charge < -0.3 is 9.74 Å². The third-order valence-electron chi connectivity index (χ3n) is 6.95. The number of rotatable bonds is 10. The predicted octanol–water partition coefficient (Wildman–Crippen LogP) is 8.91. The number of amides is 1. The molecular weight excluding hydrogens is 612 g/mol. The number of nitrogens with two attached hydrogens (primary N) is 1. The first-order chi connectivity index (χ1) is 22.7. The molecule has 0 atom stereocenters. The van der Waals surface area contributed by atoms with Gasteiger partial charge in [-0.05, 0) is 87.8 Å². The van der Waals surface area contributed by atoms with Crippen molar-refractivity contribution in [2.75, 3.05) is 19.0 Å². The molecule has 260 valence electrons. The molecule has 2 aromatic rings. The van der Waals surface area contributed by atoms with Crippen LogP contribution in [-0.4, -0.2) is 47.6 Å². The molecule has 2 aromatic carbocycles. The fourth-order valence-electron chi connectivity index (χ4n) is 4.58. The number of aryl methyl sites for hydroxylation is 1. The van der Waals surface area contributed by atoms with E-state index in [1.807, 2.05) is 57.7 Å². The molecule has 0 unspecified atom stereocenters. The molecule has 1 saturated heterocycles. The maximum atomic E-state index is 13.4. The standard InChI is InChI=1S/C27H32N2O4.C4H7Cl.C4H6O.2C2H6/c1-4-21(26(31)24(30)5-2)22-17-23(25(33-28)15-18(22)3)27(32)29-13-11-20(12-14-29)16-19-9-7-6-8-10-19;2*1-2-3-4-5;2*1-2/h4,6-10,15,17,20H,5,11-14,16,28H2,1-3H3;2-3H,4H2,1H3;2-4H,1H3;2*1-2H3/b21-4+;3-2-;3-2+;;. The number of carbonyl (C=O) groups excluding carboxylic acids is 4. The number of piperidine rings is 1. The van der Waals surface area contributed by atoms with E-state index in [1.165, 1.54) is 11.6 Å². The minimum atomic E-state index is -0.551. The Kier molecular flexibility index (Phi) is 27.4. The number of ketones is 2. The smallest absolute Gasteiger partial charge is 0.257 e. The van der Waals surface area contributed by atoms with E-state index in [4.69, 9.17) is 22.3 Å². The zero-order chi connectivity index (χ0) is 36.2. The van der Waals surface area contributed by atoms with Crippen LogP contribution in [0.4, 0.5) is 0 Å². The Morgan fingerprint density at radius 3 is 1.96 bits per heavy atom. The molecule has 0 aliphatic carbocycles. The van der Waals surface area contributed by atoms with Crippen LogP contribution in [0.1, 0.15) is 102 Å². The van der Waals surface area contributed by atoms with Crippen LogP contribution in [-0.2, 0) is 20.8 Å². The molecule has 0 saturated carbocycles. The summed E-state index contributed by atoms with van der Waals surface area (Å²) in [5.41, 5.74) is 3.16. The molecule has 8 heteroatoms. The van der Waals surface area contributed by atoms with Crippen molar-refractivity contribution in [1.82, 2.24) is 4.90 Å². The maximum Gasteiger partial charge on any atom is 0.257 e. The van der Waals surface area contributed by atoms with Crippen molar-refractivity contribution in [3.63, 3.8) is 0 Å². The van der Waals surface area contributed by atoms with Gasteiger partial charge in [0.05, 0.1) is 5.56 Å². The fraction of sp³-hybridized carbons (Fsp3) is 0.436. The minimum Gasteiger partial charge on any atom is -0.411 e. The highest BCUT2D eigenvalue weighted by Crippen LogP contribution is 2.31. The topological polar surface area (TPSA) is 107 Å². The van der Waals surface area contributed by atoms with Crippen LogP contribution in [0.5, 0.6) is 5.75 Å². The van der Waals surface area contributed by atoms with E-state index < -0.39 is 11.6 Å². The van der Waals surface area contributed by atoms with E-state index in [0.29, 0.717) is 47.2 Å². The van der Waals surface area contributed by atoms with Gasteiger partial charge in [0, 0.05) is 31.0 Å². The second-order valence-corrected chi connectivity index (χ2v) is 10.2. The van der Waals surface area contributed by atoms with Crippen molar-refractivity contribution in [2.24, 2.45) is 11.8 Å². The summed E-state index contributed by atoms with van der Waals surface area (Å²) >= 11 is 5.21. The van der Waals surface area contributed by atoms with Crippen molar-refractivity contribution in [3.05, 3.63) is 95.1 Å². The average Bonchev–Trinajstić information content (AvgIpc) is 3.12. The summed E-state index contributed by atoms with van der Waals surface area (Å²) in [7, 11) is 0. The van der Waals surface area contributed by atoms with Gasteiger partial charge in [0.2, 0.25) is 11.6 Å². The summed E-state index contributed by atoms with van der Waals surface area (Å²) in [6, 6.07) is 13.7. The number of allylic oxidation sites excluding steroid dienone is 6. The van der Waals surface area contributed by atoms with Gasteiger partial charge in [-0.15, -0.1) is 11.6 Å². The number of hydrogen-bond acceptors (Lipinski definition) is 6. The van der Waals surface area contributed by atoms with Gasteiger partial charge in [0.15, 0.2) is 5.75 Å². The summed E-state index contributed by atoms with van der Waals surface area (Å²) in [5, 5.41) is 0. The van der Waals surface area contributed by atoms with Gasteiger partial charge in [-0.25, -0.2) is 0 Å². The minimum absolute atomic E-state index is 0.128. The predicted molar refractivity (Wildman–Crippen MR) is 198 cm³/mol. The van der Waals surface area contributed by atoms with Crippen LogP contribution in [0.15, 0.2) is 72.8 Å². The molecule has 1 aliphatic rings. The second-order valence-electron chi connectivity index (χ2n) is 9.90. The van der Waals surface area contributed by atoms with Gasteiger partial charge in [-0.2, -0.15) is 5.90 Å². The largest absolute Gasteiger partial charge is 0.411 e. The Morgan fingerprint density at radius 2 is 1.55 bits per heavy atom. The van der Waals surface area contributed by atoms with Gasteiger partial charge in [0.25, 0.3) is 5.91 Å². The van der Waals surface area contributed by atoms with Gasteiger partial charge in [-0.1, -0.05) is 89.3 Å². The first-order valence-electron chi connectivity index (χ1n) is 16.5. The number of likely N-dealkylation sites (tertiary alicyclic amines) is 1. The molecule has 3 rings (SSSR count). The van der Waals surface area contributed by atoms with Gasteiger partial charge >= 0.3 is 0 Å². The number of benzene rings is 2. The lowest BCUT2D eigenvalue weighted by Crippen LogP contribution is -2.39. The second kappa shape index (κ2) is 28.4. The molecule has 2 N–H and O–H groups in total. The van der Waals surface area contributed by atoms with E-state index in [0.717, 1.165) is 25.5 Å². The number of carbonyl (C=O) groups is 4. The Hall–Kier alpha value is -3.81. The van der Waals surface area contributed by atoms with E-state index in [1.54, 1.807) is 52.0 Å². The number of alkyl halides is 1. The Morgan fingerprint density at radius 1 is 0.957 bits per heavy atom. The molecule has 0 aromatic heterocycles. The van der Waals surface area contributed by atoms with Crippen LogP contribution in [0.2, 0.25) is 0 Å². The number of hydrogen-bond donors (Lipinski definition) is 1. The third kappa shape index (κ3) is 16.5. The lowest BCUT2D eigenvalue weighted by atomic mass is 9.89. The van der Waals surface area contributed by atoms with E-state index >= 15 is 0 Å². The van der Waals surface area contributed by atoms with Crippen LogP contribution in [0, 0.1) is 12.8 Å². The summed E-state index contributed by atoms with van der Waals surface area (Å²) in [6.45, 7) is 18.2. The SMILES string of the molecule is C/C=C(/C(=O)C(=O)CC)c1cc(C(=O)N2CCC(Cc3ccccc3)CC2)c(ON)cc1C.C/C=C/C=O.C/C=C\CCl.CC.CC. The Labute approximate surface area is 288 Å². The van der Waals surface area contributed by atoms with Gasteiger partial charge in [0.1, 0.15) is 6.29 Å². The number of aldehydes is 1. The first kappa shape index (κ1) is 45.3. The average molecular weight is 669 g/mol. The zero-order valence-electron chi connectivity index (χ0n) is 30.0. The summed E-state index contributed by atoms with van der Waals surface area (Å²) in [4.78, 5) is 54.2. The normalized spacial score (nSPS) is 12.7. The molecular formula is C39H57ClN2O5. The lowest BCUT2D eigenvalue weighted by molar-refractivity contribution is -0.133.